The predicted molar refractivity (Wildman–Crippen MR) is 75.8 cm³/mol. The lowest BCUT2D eigenvalue weighted by Crippen LogP contribution is -2.29. The summed E-state index contributed by atoms with van der Waals surface area (Å²) >= 11 is 0. The van der Waals surface area contributed by atoms with Crippen molar-refractivity contribution in [2.45, 2.75) is 19.1 Å². The van der Waals surface area contributed by atoms with E-state index >= 15 is 0 Å². The van der Waals surface area contributed by atoms with E-state index in [-0.39, 0.29) is 24.4 Å². The molecule has 110 valence electrons. The second-order valence-corrected chi connectivity index (χ2v) is 5.13. The molecule has 1 aliphatic rings. The first-order chi connectivity index (χ1) is 10.1. The summed E-state index contributed by atoms with van der Waals surface area (Å²) in [6.45, 7) is 0.647. The summed E-state index contributed by atoms with van der Waals surface area (Å²) in [6.07, 6.45) is -0.604. The van der Waals surface area contributed by atoms with Gasteiger partial charge in [0, 0.05) is 18.2 Å². The Labute approximate surface area is 120 Å². The molecule has 6 heteroatoms. The van der Waals surface area contributed by atoms with Gasteiger partial charge in [0.15, 0.2) is 5.43 Å². The third-order valence-electron chi connectivity index (χ3n) is 3.64. The molecule has 0 radical (unpaired) electrons. The molecule has 1 fully saturated rings. The van der Waals surface area contributed by atoms with Crippen LogP contribution in [0, 0.1) is 0 Å². The fourth-order valence-corrected chi connectivity index (χ4v) is 2.52. The van der Waals surface area contributed by atoms with E-state index in [4.69, 9.17) is 10.2 Å². The van der Waals surface area contributed by atoms with E-state index in [2.05, 4.69) is 0 Å². The first-order valence-corrected chi connectivity index (χ1v) is 6.78. The van der Waals surface area contributed by atoms with Crippen molar-refractivity contribution in [3.05, 3.63) is 45.8 Å². The van der Waals surface area contributed by atoms with Crippen LogP contribution in [0.5, 0.6) is 0 Å². The number of amides is 1. The van der Waals surface area contributed by atoms with E-state index < -0.39 is 6.17 Å². The largest absolute Gasteiger partial charge is 0.459 e. The molecule has 1 aliphatic heterocycles. The molecule has 2 aromatic rings. The van der Waals surface area contributed by atoms with Gasteiger partial charge >= 0.3 is 0 Å². The fourth-order valence-electron chi connectivity index (χ4n) is 2.52. The summed E-state index contributed by atoms with van der Waals surface area (Å²) in [5.41, 5.74) is 5.97. The number of nitrogens with two attached hydrogens (primary N) is 1. The van der Waals surface area contributed by atoms with Crippen molar-refractivity contribution < 1.29 is 13.6 Å². The van der Waals surface area contributed by atoms with Gasteiger partial charge in [0.05, 0.1) is 18.5 Å². The number of carbonyl (C=O) groups is 1. The Morgan fingerprint density at radius 2 is 2.24 bits per heavy atom. The van der Waals surface area contributed by atoms with Gasteiger partial charge < -0.3 is 15.1 Å². The number of hydrogen-bond acceptors (Lipinski definition) is 4. The molecule has 0 bridgehead atoms. The average molecular weight is 290 g/mol. The van der Waals surface area contributed by atoms with Crippen molar-refractivity contribution in [2.75, 3.05) is 13.1 Å². The molecule has 1 aromatic carbocycles. The van der Waals surface area contributed by atoms with Gasteiger partial charge in [0.25, 0.3) is 5.91 Å². The summed E-state index contributed by atoms with van der Waals surface area (Å²) in [4.78, 5) is 25.7. The minimum Gasteiger partial charge on any atom is -0.459 e. The van der Waals surface area contributed by atoms with Gasteiger partial charge in [-0.3, -0.25) is 9.59 Å². The topological polar surface area (TPSA) is 76.5 Å². The van der Waals surface area contributed by atoms with Crippen molar-refractivity contribution in [2.24, 2.45) is 5.73 Å². The molecule has 2 heterocycles. The molecular formula is C15H15FN2O3. The highest BCUT2D eigenvalue weighted by atomic mass is 19.1. The summed E-state index contributed by atoms with van der Waals surface area (Å²) in [5.74, 6) is 0.130. The maximum absolute atomic E-state index is 13.2. The molecular weight excluding hydrogens is 275 g/mol. The summed E-state index contributed by atoms with van der Waals surface area (Å²) < 4.78 is 18.6. The third-order valence-corrected chi connectivity index (χ3v) is 3.64. The Morgan fingerprint density at radius 3 is 2.90 bits per heavy atom. The van der Waals surface area contributed by atoms with Crippen LogP contribution in [0.4, 0.5) is 4.39 Å². The monoisotopic (exact) mass is 290 g/mol. The van der Waals surface area contributed by atoms with E-state index in [1.165, 1.54) is 17.0 Å². The van der Waals surface area contributed by atoms with E-state index in [0.717, 1.165) is 0 Å². The SMILES string of the molecule is NCc1cc(=O)c2cc(C(=O)N3CCC(F)C3)ccc2o1. The highest BCUT2D eigenvalue weighted by Gasteiger charge is 2.26. The van der Waals surface area contributed by atoms with Crippen molar-refractivity contribution in [3.8, 4) is 0 Å². The number of carbonyl (C=O) groups excluding carboxylic acids is 1. The standard InChI is InChI=1S/C15H15FN2O3/c16-10-3-4-18(8-10)15(20)9-1-2-14-12(5-9)13(19)6-11(7-17)21-14/h1-2,5-6,10H,3-4,7-8,17H2. The van der Waals surface area contributed by atoms with E-state index in [1.807, 2.05) is 0 Å². The zero-order valence-electron chi connectivity index (χ0n) is 11.3. The number of alkyl halides is 1. The van der Waals surface area contributed by atoms with Crippen LogP contribution < -0.4 is 11.2 Å². The smallest absolute Gasteiger partial charge is 0.253 e. The number of benzene rings is 1. The Hall–Kier alpha value is -2.21. The van der Waals surface area contributed by atoms with Crippen LogP contribution in [0.3, 0.4) is 0 Å². The molecule has 1 saturated heterocycles. The van der Waals surface area contributed by atoms with Crippen LogP contribution in [0.2, 0.25) is 0 Å². The van der Waals surface area contributed by atoms with Crippen LogP contribution in [0.1, 0.15) is 22.5 Å². The Bertz CT molecular complexity index is 756. The highest BCUT2D eigenvalue weighted by molar-refractivity contribution is 5.97. The van der Waals surface area contributed by atoms with Crippen LogP contribution in [-0.2, 0) is 6.54 Å². The molecule has 5 nitrogen and oxygen atoms in total. The normalized spacial score (nSPS) is 18.4. The molecule has 1 aromatic heterocycles. The van der Waals surface area contributed by atoms with Crippen molar-refractivity contribution in [1.82, 2.24) is 4.90 Å². The predicted octanol–water partition coefficient (Wildman–Crippen LogP) is 1.44. The van der Waals surface area contributed by atoms with Gasteiger partial charge in [0.2, 0.25) is 0 Å². The van der Waals surface area contributed by atoms with E-state index in [1.54, 1.807) is 12.1 Å². The lowest BCUT2D eigenvalue weighted by atomic mass is 10.1. The van der Waals surface area contributed by atoms with Crippen LogP contribution in [0.15, 0.2) is 33.5 Å². The first-order valence-electron chi connectivity index (χ1n) is 6.78. The van der Waals surface area contributed by atoms with Gasteiger partial charge in [0.1, 0.15) is 17.5 Å². The van der Waals surface area contributed by atoms with Crippen molar-refractivity contribution in [1.29, 1.82) is 0 Å². The number of nitrogens with zero attached hydrogens (tertiary/aromatic N) is 1. The second kappa shape index (κ2) is 5.29. The molecule has 1 amide bonds. The lowest BCUT2D eigenvalue weighted by Gasteiger charge is -2.15. The molecule has 0 saturated carbocycles. The maximum Gasteiger partial charge on any atom is 0.253 e. The molecule has 1 atom stereocenters. The Kier molecular flexibility index (Phi) is 3.47. The highest BCUT2D eigenvalue weighted by Crippen LogP contribution is 2.19. The summed E-state index contributed by atoms with van der Waals surface area (Å²) in [7, 11) is 0. The molecule has 1 unspecified atom stereocenters. The number of rotatable bonds is 2. The lowest BCUT2D eigenvalue weighted by molar-refractivity contribution is 0.0783. The van der Waals surface area contributed by atoms with Crippen LogP contribution >= 0.6 is 0 Å². The van der Waals surface area contributed by atoms with Crippen molar-refractivity contribution >= 4 is 16.9 Å². The Balaban J connectivity index is 1.99. The van der Waals surface area contributed by atoms with Gasteiger partial charge in [-0.25, -0.2) is 4.39 Å². The third kappa shape index (κ3) is 2.54. The van der Waals surface area contributed by atoms with Gasteiger partial charge in [-0.1, -0.05) is 0 Å². The van der Waals surface area contributed by atoms with Gasteiger partial charge in [-0.15, -0.1) is 0 Å². The fraction of sp³-hybridized carbons (Fsp3) is 0.333. The second-order valence-electron chi connectivity index (χ2n) is 5.13. The number of likely N-dealkylation sites (tertiary alicyclic amines) is 1. The number of halogens is 1. The quantitative estimate of drug-likeness (QED) is 0.908. The molecule has 2 N–H and O–H groups in total. The number of hydrogen-bond donors (Lipinski definition) is 1. The minimum absolute atomic E-state index is 0.109. The Morgan fingerprint density at radius 1 is 1.43 bits per heavy atom. The minimum atomic E-state index is -0.966. The van der Waals surface area contributed by atoms with Gasteiger partial charge in [-0.05, 0) is 24.6 Å². The maximum atomic E-state index is 13.2. The van der Waals surface area contributed by atoms with E-state index in [0.29, 0.717) is 35.3 Å². The van der Waals surface area contributed by atoms with E-state index in [9.17, 15) is 14.0 Å². The van der Waals surface area contributed by atoms with Crippen LogP contribution in [-0.4, -0.2) is 30.1 Å². The molecule has 0 aliphatic carbocycles. The van der Waals surface area contributed by atoms with Crippen LogP contribution in [0.25, 0.3) is 11.0 Å². The summed E-state index contributed by atoms with van der Waals surface area (Å²) in [6, 6.07) is 5.98. The number of fused-ring (bicyclic) bond motifs is 1. The summed E-state index contributed by atoms with van der Waals surface area (Å²) in [5, 5.41) is 0.328. The van der Waals surface area contributed by atoms with Gasteiger partial charge in [-0.2, -0.15) is 0 Å². The zero-order valence-corrected chi connectivity index (χ0v) is 11.3. The molecule has 0 spiro atoms. The zero-order chi connectivity index (χ0) is 15.0. The molecule has 21 heavy (non-hydrogen) atoms. The average Bonchev–Trinajstić information content (AvgIpc) is 2.92. The van der Waals surface area contributed by atoms with Crippen molar-refractivity contribution in [3.63, 3.8) is 0 Å². The molecule has 3 rings (SSSR count). The first kappa shape index (κ1) is 13.8.